The first-order valence-electron chi connectivity index (χ1n) is 27.5. The van der Waals surface area contributed by atoms with Gasteiger partial charge in [-0.3, -0.25) is 14.4 Å². The molecule has 79 heavy (non-hydrogen) atoms. The van der Waals surface area contributed by atoms with E-state index in [-0.39, 0.29) is 66.5 Å². The highest BCUT2D eigenvalue weighted by molar-refractivity contribution is 6.11. The fourth-order valence-electron chi connectivity index (χ4n) is 11.9. The molecule has 0 spiro atoms. The van der Waals surface area contributed by atoms with Crippen molar-refractivity contribution in [2.75, 3.05) is 14.2 Å². The van der Waals surface area contributed by atoms with E-state index in [0.29, 0.717) is 10.9 Å². The van der Waals surface area contributed by atoms with Crippen LogP contribution in [0.4, 0.5) is 0 Å². The highest BCUT2D eigenvalue weighted by atomic mass is 16.7. The average Bonchev–Trinajstić information content (AvgIpc) is 3.57. The minimum atomic E-state index is -1.52. The molecular weight excluding hydrogens is 1040 g/mol. The Balaban J connectivity index is 0.970. The van der Waals surface area contributed by atoms with Crippen LogP contribution in [0.25, 0.3) is 10.8 Å². The third kappa shape index (κ3) is 13.2. The molecule has 0 unspecified atom stereocenters. The molecule has 5 heterocycles. The molecule has 0 radical (unpaired) electrons. The first kappa shape index (κ1) is 61.2. The number of rotatable bonds is 16. The molecule has 1 aliphatic carbocycles. The molecule has 0 bridgehead atoms. The number of carbonyl (C=O) groups is 3. The van der Waals surface area contributed by atoms with Gasteiger partial charge in [0.25, 0.3) is 0 Å². The van der Waals surface area contributed by atoms with Crippen molar-refractivity contribution in [2.24, 2.45) is 11.8 Å². The number of Topliss-reactive ketones (excluding diaryl/α,β-unsaturated/α-hetero) is 1. The van der Waals surface area contributed by atoms with Gasteiger partial charge in [-0.05, 0) is 84.9 Å². The minimum Gasteiger partial charge on any atom is -0.507 e. The van der Waals surface area contributed by atoms with Crippen molar-refractivity contribution in [1.29, 1.82) is 0 Å². The lowest BCUT2D eigenvalue weighted by molar-refractivity contribution is -0.334. The number of aliphatic hydroxyl groups excluding tert-OH is 3. The van der Waals surface area contributed by atoms with Crippen molar-refractivity contribution in [2.45, 2.75) is 249 Å². The van der Waals surface area contributed by atoms with Crippen molar-refractivity contribution in [3.8, 4) is 17.2 Å². The number of esters is 2. The molecule has 0 aromatic heterocycles. The van der Waals surface area contributed by atoms with Crippen LogP contribution < -0.4 is 4.74 Å². The van der Waals surface area contributed by atoms with Gasteiger partial charge >= 0.3 is 11.9 Å². The van der Waals surface area contributed by atoms with E-state index >= 15 is 0 Å². The fourth-order valence-corrected chi connectivity index (χ4v) is 11.9. The summed E-state index contributed by atoms with van der Waals surface area (Å²) in [4.78, 5) is 39.5. The summed E-state index contributed by atoms with van der Waals surface area (Å²) in [5.41, 5.74) is -0.890. The van der Waals surface area contributed by atoms with Crippen molar-refractivity contribution in [1.82, 2.24) is 0 Å². The van der Waals surface area contributed by atoms with E-state index in [0.717, 1.165) is 0 Å². The summed E-state index contributed by atoms with van der Waals surface area (Å²) in [7, 11) is 3.00. The number of aromatic hydroxyl groups is 2. The molecule has 5 saturated heterocycles. The van der Waals surface area contributed by atoms with Gasteiger partial charge in [0.1, 0.15) is 53.4 Å². The second-order valence-electron chi connectivity index (χ2n) is 22.8. The quantitative estimate of drug-likeness (QED) is 0.130. The Hall–Kier alpha value is -3.89. The molecule has 6 aliphatic rings. The molecular formula is C56H82O23. The van der Waals surface area contributed by atoms with Crippen molar-refractivity contribution >= 4 is 28.5 Å². The molecule has 0 amide bonds. The van der Waals surface area contributed by atoms with Gasteiger partial charge in [0.05, 0.1) is 71.8 Å². The number of hydrogen-bond donors (Lipinski definition) is 6. The van der Waals surface area contributed by atoms with Crippen molar-refractivity contribution < 1.29 is 111 Å². The van der Waals surface area contributed by atoms with Gasteiger partial charge in [-0.25, -0.2) is 0 Å². The normalized spacial score (nSPS) is 40.4. The minimum absolute atomic E-state index is 0.000921. The Morgan fingerprint density at radius 1 is 0.696 bits per heavy atom. The highest BCUT2D eigenvalue weighted by Gasteiger charge is 2.51. The average molecular weight is 1120 g/mol. The number of benzene rings is 2. The van der Waals surface area contributed by atoms with Gasteiger partial charge < -0.3 is 97.0 Å². The van der Waals surface area contributed by atoms with E-state index in [1.54, 1.807) is 74.4 Å². The maximum absolute atomic E-state index is 14.9. The topological polar surface area (TPSA) is 302 Å². The molecule has 2 aromatic carbocycles. The van der Waals surface area contributed by atoms with E-state index < -0.39 is 170 Å². The molecule has 23 heteroatoms. The third-order valence-electron chi connectivity index (χ3n) is 16.4. The van der Waals surface area contributed by atoms with Gasteiger partial charge in [-0.15, -0.1) is 0 Å². The van der Waals surface area contributed by atoms with Gasteiger partial charge in [0.2, 0.25) is 6.29 Å². The summed E-state index contributed by atoms with van der Waals surface area (Å²) < 4.78 is 85.0. The highest BCUT2D eigenvalue weighted by Crippen LogP contribution is 2.47. The second-order valence-corrected chi connectivity index (χ2v) is 22.8. The summed E-state index contributed by atoms with van der Waals surface area (Å²) in [5.74, 6) is -3.27. The number of ketones is 1. The van der Waals surface area contributed by atoms with Crippen LogP contribution in [-0.2, 0) is 77.6 Å². The molecule has 8 rings (SSSR count). The van der Waals surface area contributed by atoms with E-state index in [4.69, 9.17) is 66.3 Å². The molecule has 5 aliphatic heterocycles. The van der Waals surface area contributed by atoms with Gasteiger partial charge in [-0.1, -0.05) is 13.8 Å². The largest absolute Gasteiger partial charge is 0.507 e. The van der Waals surface area contributed by atoms with E-state index in [9.17, 15) is 45.0 Å². The molecule has 0 saturated carbocycles. The van der Waals surface area contributed by atoms with E-state index in [2.05, 4.69) is 0 Å². The summed E-state index contributed by atoms with van der Waals surface area (Å²) >= 11 is 0. The number of hydrogen-bond acceptors (Lipinski definition) is 23. The monoisotopic (exact) mass is 1120 g/mol. The van der Waals surface area contributed by atoms with Crippen molar-refractivity contribution in [3.63, 3.8) is 0 Å². The zero-order chi connectivity index (χ0) is 57.7. The SMILES string of the molecule is CO[C@H]1[C@H](O)C[C@@H](O[C@@H]2C[C@H](Oc3cc4cc5c(c(O)c4c(O)c3C)C(=O)[C@@H](O[C@H]3C[C@@H](O[C@H]4C[C@@H](O[C@H]6C[C@](C)(O)[C@@H](OC(=O)C(C)C)[C@H](C)O6)[C@H](O)[C@@H](C)O4)[C@H](O)[C@@H](C)O3)[C@H]([C@@H](C)OC)C5)O[C@H](C)[C@@H]2OC(C)=O)O[C@@H]1C. The lowest BCUT2D eigenvalue weighted by atomic mass is 9.76. The van der Waals surface area contributed by atoms with Crippen LogP contribution in [0.15, 0.2) is 12.1 Å². The second kappa shape index (κ2) is 24.9. The number of ether oxygens (including phenoxy) is 14. The third-order valence-corrected chi connectivity index (χ3v) is 16.4. The molecule has 2 aromatic rings. The summed E-state index contributed by atoms with van der Waals surface area (Å²) in [6.07, 6.45) is -18.5. The zero-order valence-corrected chi connectivity index (χ0v) is 47.3. The Bertz CT molecular complexity index is 2460. The van der Waals surface area contributed by atoms with Crippen LogP contribution >= 0.6 is 0 Å². The maximum atomic E-state index is 14.9. The number of methoxy groups -OCH3 is 2. The lowest BCUT2D eigenvalue weighted by Crippen LogP contribution is -2.59. The number of carbonyl (C=O) groups excluding carboxylic acids is 3. The van der Waals surface area contributed by atoms with Gasteiger partial charge in [0.15, 0.2) is 43.2 Å². The zero-order valence-electron chi connectivity index (χ0n) is 47.3. The van der Waals surface area contributed by atoms with Crippen molar-refractivity contribution in [3.05, 3.63) is 28.8 Å². The van der Waals surface area contributed by atoms with Crippen LogP contribution in [0.2, 0.25) is 0 Å². The van der Waals surface area contributed by atoms with E-state index in [1.165, 1.54) is 28.1 Å². The van der Waals surface area contributed by atoms with E-state index in [1.807, 2.05) is 0 Å². The number of phenols is 2. The predicted molar refractivity (Wildman–Crippen MR) is 275 cm³/mol. The van der Waals surface area contributed by atoms with Crippen LogP contribution in [0, 0.1) is 18.8 Å². The first-order valence-corrected chi connectivity index (χ1v) is 27.5. The lowest BCUT2D eigenvalue weighted by Gasteiger charge is -2.46. The standard InChI is InChI=1S/C56H82O23/c1-22(2)55(64)79-54-29(9)72-43(21-56(54,11)65)76-37-18-40(68-25(5)48(37)61)75-36-19-42(69-26(6)47(36)60)78-53-33(24(4)66-12)15-31-14-32-16-35(23(3)46(59)44(32)49(62)45(31)50(53)63)74-41-20-38(52(28(8)71-41)73-30(10)57)77-39-17-34(58)51(67-13)27(7)70-39/h14,16,22,24-29,33-34,36-43,47-48,51-54,58-62,65H,15,17-21H2,1-13H3/t24-,25-,26-,27-,28-,29+,33+,34-,36-,37-,38-,39-,40+,41+,42+,43+,47-,48-,51-,52+,53+,54+,56+/m1/s1. The number of aliphatic hydroxyl groups is 4. The Morgan fingerprint density at radius 2 is 1.24 bits per heavy atom. The Kier molecular flexibility index (Phi) is 19.3. The Labute approximate surface area is 460 Å². The van der Waals surface area contributed by atoms with Crippen LogP contribution in [-0.4, -0.2) is 197 Å². The predicted octanol–water partition coefficient (Wildman–Crippen LogP) is 3.89. The maximum Gasteiger partial charge on any atom is 0.308 e. The molecule has 23 atom stereocenters. The summed E-state index contributed by atoms with van der Waals surface area (Å²) in [6.45, 7) is 18.0. The summed E-state index contributed by atoms with van der Waals surface area (Å²) in [5, 5.41) is 69.0. The Morgan fingerprint density at radius 3 is 1.82 bits per heavy atom. The molecule has 6 N–H and O–H groups in total. The number of phenolic OH excluding ortho intramolecular Hbond substituents is 2. The van der Waals surface area contributed by atoms with Crippen LogP contribution in [0.1, 0.15) is 123 Å². The number of fused-ring (bicyclic) bond motifs is 2. The molecule has 5 fully saturated rings. The molecule has 444 valence electrons. The van der Waals surface area contributed by atoms with Gasteiger partial charge in [-0.2, -0.15) is 0 Å². The van der Waals surface area contributed by atoms with Crippen LogP contribution in [0.5, 0.6) is 17.2 Å². The smallest absolute Gasteiger partial charge is 0.308 e. The van der Waals surface area contributed by atoms with Crippen LogP contribution in [0.3, 0.4) is 0 Å². The summed E-state index contributed by atoms with van der Waals surface area (Å²) in [6, 6.07) is 3.34. The van der Waals surface area contributed by atoms with Gasteiger partial charge in [0, 0.05) is 64.7 Å². The first-order chi connectivity index (χ1) is 37.2. The molecule has 23 nitrogen and oxygen atoms in total. The fraction of sp³-hybridized carbons (Fsp3) is 0.768.